The Kier molecular flexibility index (Phi) is 3.21. The van der Waals surface area contributed by atoms with Gasteiger partial charge in [0.1, 0.15) is 11.2 Å². The standard InChI is InChI=1S/C20H13ClO2/c1-12(22)14-6-4-7-17(21)20(14)13-9-10-19-16(11-13)15-5-2-3-8-18(15)23-19/h2-11H,1H3. The summed E-state index contributed by atoms with van der Waals surface area (Å²) in [6, 6.07) is 19.2. The molecule has 0 aliphatic heterocycles. The van der Waals surface area contributed by atoms with Gasteiger partial charge in [-0.1, -0.05) is 48.0 Å². The SMILES string of the molecule is CC(=O)c1cccc(Cl)c1-c1ccc2oc3ccccc3c2c1. The van der Waals surface area contributed by atoms with Crippen molar-refractivity contribution in [2.45, 2.75) is 6.92 Å². The fraction of sp³-hybridized carbons (Fsp3) is 0.0500. The summed E-state index contributed by atoms with van der Waals surface area (Å²) in [5, 5.41) is 2.65. The molecule has 0 N–H and O–H groups in total. The van der Waals surface area contributed by atoms with E-state index in [9.17, 15) is 4.79 Å². The molecule has 3 heteroatoms. The van der Waals surface area contributed by atoms with Gasteiger partial charge >= 0.3 is 0 Å². The van der Waals surface area contributed by atoms with E-state index in [0.717, 1.165) is 33.1 Å². The van der Waals surface area contributed by atoms with Crippen molar-refractivity contribution >= 4 is 39.3 Å². The molecule has 1 aromatic heterocycles. The molecule has 0 spiro atoms. The highest BCUT2D eigenvalue weighted by Crippen LogP contribution is 2.36. The summed E-state index contributed by atoms with van der Waals surface area (Å²) in [5.41, 5.74) is 4.00. The highest BCUT2D eigenvalue weighted by atomic mass is 35.5. The Morgan fingerprint density at radius 3 is 2.52 bits per heavy atom. The first-order valence-electron chi connectivity index (χ1n) is 7.36. The predicted molar refractivity (Wildman–Crippen MR) is 94.2 cm³/mol. The number of benzene rings is 3. The number of carbonyl (C=O) groups excluding carboxylic acids is 1. The number of fused-ring (bicyclic) bond motifs is 3. The van der Waals surface area contributed by atoms with Crippen LogP contribution in [0.4, 0.5) is 0 Å². The molecule has 0 atom stereocenters. The van der Waals surface area contributed by atoms with E-state index in [1.165, 1.54) is 0 Å². The second-order valence-electron chi connectivity index (χ2n) is 5.53. The van der Waals surface area contributed by atoms with Gasteiger partial charge < -0.3 is 4.42 Å². The lowest BCUT2D eigenvalue weighted by molar-refractivity contribution is 0.101. The molecule has 23 heavy (non-hydrogen) atoms. The first-order valence-corrected chi connectivity index (χ1v) is 7.74. The number of halogens is 1. The molecule has 0 amide bonds. The van der Waals surface area contributed by atoms with Crippen molar-refractivity contribution in [1.29, 1.82) is 0 Å². The van der Waals surface area contributed by atoms with Crippen LogP contribution in [-0.2, 0) is 0 Å². The zero-order chi connectivity index (χ0) is 16.0. The number of hydrogen-bond acceptors (Lipinski definition) is 2. The zero-order valence-corrected chi connectivity index (χ0v) is 13.2. The van der Waals surface area contributed by atoms with Crippen LogP contribution in [-0.4, -0.2) is 5.78 Å². The lowest BCUT2D eigenvalue weighted by atomic mass is 9.96. The number of furan rings is 1. The fourth-order valence-electron chi connectivity index (χ4n) is 2.99. The second-order valence-corrected chi connectivity index (χ2v) is 5.93. The zero-order valence-electron chi connectivity index (χ0n) is 12.5. The number of ketones is 1. The summed E-state index contributed by atoms with van der Waals surface area (Å²) in [6.07, 6.45) is 0. The molecule has 0 radical (unpaired) electrons. The Bertz CT molecular complexity index is 1060. The van der Waals surface area contributed by atoms with E-state index in [-0.39, 0.29) is 5.78 Å². The van der Waals surface area contributed by atoms with E-state index in [2.05, 4.69) is 0 Å². The average Bonchev–Trinajstić information content (AvgIpc) is 2.92. The van der Waals surface area contributed by atoms with Crippen LogP contribution in [0.25, 0.3) is 33.1 Å². The molecule has 0 aliphatic carbocycles. The molecule has 1 heterocycles. The van der Waals surface area contributed by atoms with E-state index >= 15 is 0 Å². The number of Topliss-reactive ketones (excluding diaryl/α,β-unsaturated/α-hetero) is 1. The molecule has 3 aromatic carbocycles. The van der Waals surface area contributed by atoms with Gasteiger partial charge in [-0.2, -0.15) is 0 Å². The van der Waals surface area contributed by atoms with Crippen LogP contribution < -0.4 is 0 Å². The molecule has 112 valence electrons. The third-order valence-electron chi connectivity index (χ3n) is 4.06. The van der Waals surface area contributed by atoms with Crippen LogP contribution in [0.2, 0.25) is 5.02 Å². The van der Waals surface area contributed by atoms with Gasteiger partial charge in [0.15, 0.2) is 5.78 Å². The minimum atomic E-state index is -0.000325. The van der Waals surface area contributed by atoms with Crippen molar-refractivity contribution in [3.05, 3.63) is 71.2 Å². The Balaban J connectivity index is 2.04. The lowest BCUT2D eigenvalue weighted by Gasteiger charge is -2.09. The Morgan fingerprint density at radius 2 is 1.70 bits per heavy atom. The van der Waals surface area contributed by atoms with E-state index in [4.69, 9.17) is 16.0 Å². The molecule has 2 nitrogen and oxygen atoms in total. The molecule has 0 fully saturated rings. The van der Waals surface area contributed by atoms with Crippen molar-refractivity contribution in [1.82, 2.24) is 0 Å². The van der Waals surface area contributed by atoms with E-state index in [1.807, 2.05) is 42.5 Å². The highest BCUT2D eigenvalue weighted by Gasteiger charge is 2.15. The van der Waals surface area contributed by atoms with Gasteiger partial charge in [-0.25, -0.2) is 0 Å². The summed E-state index contributed by atoms with van der Waals surface area (Å²) >= 11 is 6.38. The van der Waals surface area contributed by atoms with Gasteiger partial charge in [0.25, 0.3) is 0 Å². The van der Waals surface area contributed by atoms with Gasteiger partial charge in [-0.15, -0.1) is 0 Å². The van der Waals surface area contributed by atoms with Crippen LogP contribution >= 0.6 is 11.6 Å². The Labute approximate surface area is 138 Å². The molecule has 4 rings (SSSR count). The molecular formula is C20H13ClO2. The topological polar surface area (TPSA) is 30.2 Å². The first kappa shape index (κ1) is 14.0. The van der Waals surface area contributed by atoms with Crippen LogP contribution in [0.1, 0.15) is 17.3 Å². The normalized spacial score (nSPS) is 11.2. The summed E-state index contributed by atoms with van der Waals surface area (Å²) in [7, 11) is 0. The van der Waals surface area contributed by atoms with Gasteiger partial charge in [0, 0.05) is 26.9 Å². The van der Waals surface area contributed by atoms with E-state index < -0.39 is 0 Å². The monoisotopic (exact) mass is 320 g/mol. The molecule has 0 bridgehead atoms. The van der Waals surface area contributed by atoms with Gasteiger partial charge in [-0.3, -0.25) is 4.79 Å². The quantitative estimate of drug-likeness (QED) is 0.417. The van der Waals surface area contributed by atoms with Crippen molar-refractivity contribution in [2.75, 3.05) is 0 Å². The summed E-state index contributed by atoms with van der Waals surface area (Å²) in [4.78, 5) is 11.9. The first-order chi connectivity index (χ1) is 11.1. The molecule has 0 saturated heterocycles. The van der Waals surface area contributed by atoms with Crippen molar-refractivity contribution in [3.63, 3.8) is 0 Å². The maximum absolute atomic E-state index is 11.9. The van der Waals surface area contributed by atoms with Crippen LogP contribution in [0.5, 0.6) is 0 Å². The van der Waals surface area contributed by atoms with Crippen LogP contribution in [0.15, 0.2) is 65.1 Å². The van der Waals surface area contributed by atoms with Crippen molar-refractivity contribution < 1.29 is 9.21 Å². The van der Waals surface area contributed by atoms with E-state index in [0.29, 0.717) is 10.6 Å². The third kappa shape index (κ3) is 2.23. The van der Waals surface area contributed by atoms with Crippen molar-refractivity contribution in [3.8, 4) is 11.1 Å². The molecule has 0 unspecified atom stereocenters. The molecular weight excluding hydrogens is 308 g/mol. The molecule has 4 aromatic rings. The smallest absolute Gasteiger partial charge is 0.160 e. The predicted octanol–water partition coefficient (Wildman–Crippen LogP) is 6.11. The van der Waals surface area contributed by atoms with Crippen LogP contribution in [0, 0.1) is 0 Å². The minimum Gasteiger partial charge on any atom is -0.456 e. The Hall–Kier alpha value is -2.58. The fourth-order valence-corrected chi connectivity index (χ4v) is 3.28. The largest absolute Gasteiger partial charge is 0.456 e. The summed E-state index contributed by atoms with van der Waals surface area (Å²) in [5.74, 6) is -0.000325. The van der Waals surface area contributed by atoms with Gasteiger partial charge in [0.05, 0.1) is 0 Å². The van der Waals surface area contributed by atoms with Gasteiger partial charge in [-0.05, 0) is 36.8 Å². The maximum Gasteiger partial charge on any atom is 0.160 e. The van der Waals surface area contributed by atoms with Gasteiger partial charge in [0.2, 0.25) is 0 Å². The summed E-state index contributed by atoms with van der Waals surface area (Å²) in [6.45, 7) is 1.56. The highest BCUT2D eigenvalue weighted by molar-refractivity contribution is 6.34. The number of hydrogen-bond donors (Lipinski definition) is 0. The molecule has 0 saturated carbocycles. The summed E-state index contributed by atoms with van der Waals surface area (Å²) < 4.78 is 5.85. The minimum absolute atomic E-state index is 0.000325. The number of rotatable bonds is 2. The average molecular weight is 321 g/mol. The van der Waals surface area contributed by atoms with E-state index in [1.54, 1.807) is 25.1 Å². The maximum atomic E-state index is 11.9. The van der Waals surface area contributed by atoms with Crippen LogP contribution in [0.3, 0.4) is 0 Å². The second kappa shape index (κ2) is 5.25. The Morgan fingerprint density at radius 1 is 0.913 bits per heavy atom. The van der Waals surface area contributed by atoms with Crippen molar-refractivity contribution in [2.24, 2.45) is 0 Å². The third-order valence-corrected chi connectivity index (χ3v) is 4.37. The molecule has 0 aliphatic rings. The number of para-hydroxylation sites is 1. The lowest BCUT2D eigenvalue weighted by Crippen LogP contribution is -1.96. The number of carbonyl (C=O) groups is 1.